The number of aliphatic hydroxyl groups excluding tert-OH is 3. The third-order valence-electron chi connectivity index (χ3n) is 2.63. The minimum atomic E-state index is -2.74. The Labute approximate surface area is 192 Å². The van der Waals surface area contributed by atoms with E-state index in [1.54, 1.807) is 0 Å². The highest BCUT2D eigenvalue weighted by Crippen LogP contribution is 2.15. The van der Waals surface area contributed by atoms with Crippen LogP contribution >= 0.6 is 0 Å². The molecule has 0 aromatic rings. The van der Waals surface area contributed by atoms with Crippen LogP contribution in [0.4, 0.5) is 0 Å². The van der Waals surface area contributed by atoms with Gasteiger partial charge in [-0.3, -0.25) is 9.59 Å². The molecule has 0 aromatic carbocycles. The van der Waals surface area contributed by atoms with Crippen molar-refractivity contribution in [2.45, 2.75) is 43.7 Å². The summed E-state index contributed by atoms with van der Waals surface area (Å²) >= 11 is 0. The maximum Gasteiger partial charge on any atom is 0.414 e. The Balaban J connectivity index is -0.000000194. The minimum absolute atomic E-state index is 1.14. The number of hydrogen-bond acceptors (Lipinski definition) is 12. The van der Waals surface area contributed by atoms with Crippen molar-refractivity contribution < 1.29 is 99.6 Å². The lowest BCUT2D eigenvalue weighted by Crippen LogP contribution is -2.42. The molecule has 0 aliphatic rings. The quantitative estimate of drug-likeness (QED) is 0.126. The number of aliphatic carboxylic acids is 8. The molecule has 3 unspecified atom stereocenters. The molecule has 0 aromatic heterocycles. The van der Waals surface area contributed by atoms with Crippen LogP contribution in [0.1, 0.15) is 19.8 Å². The van der Waals surface area contributed by atoms with E-state index in [1.807, 2.05) is 0 Å². The first-order valence-corrected chi connectivity index (χ1v) is 8.11. The highest BCUT2D eigenvalue weighted by Gasteiger charge is 2.40. The standard InChI is InChI=1S/C6H8O7.C4H6O6.C3H6O3.C2H2O4/c7-3(8)1-6(13,5(11)12)2-4(9)10;5-1(3(7)8)2(6)4(9)10;1-2(4)3(5)6;3-1(4)2(5)6/h13H,1-2H2,(H,7,8)(H,9,10)(H,11,12);1-2,5-6H,(H,7,8)(H,9,10);2,4H,1H3,(H,5,6);(H,3,4)(H,5,6). The highest BCUT2D eigenvalue weighted by atomic mass is 16.5. The van der Waals surface area contributed by atoms with E-state index >= 15 is 0 Å². The molecule has 0 fully saturated rings. The number of aliphatic hydroxyl groups is 4. The van der Waals surface area contributed by atoms with E-state index in [2.05, 4.69) is 0 Å². The fraction of sp³-hybridized carbons (Fsp3) is 0.467. The second-order valence-electron chi connectivity index (χ2n) is 5.67. The molecule has 0 heterocycles. The van der Waals surface area contributed by atoms with Crippen molar-refractivity contribution in [3.63, 3.8) is 0 Å². The molecule has 202 valence electrons. The molecule has 12 N–H and O–H groups in total. The van der Waals surface area contributed by atoms with Crippen molar-refractivity contribution in [3.8, 4) is 0 Å². The van der Waals surface area contributed by atoms with Gasteiger partial charge in [0.15, 0.2) is 17.8 Å². The molecule has 0 spiro atoms. The van der Waals surface area contributed by atoms with Crippen LogP contribution in [0.5, 0.6) is 0 Å². The van der Waals surface area contributed by atoms with Crippen LogP contribution in [-0.2, 0) is 38.4 Å². The topological polar surface area (TPSA) is 379 Å². The SMILES string of the molecule is CC(O)C(=O)O.O=C(O)C(=O)O.O=C(O)C(O)C(O)C(=O)O.O=C(O)CC(O)(CC(=O)O)C(=O)O. The summed E-state index contributed by atoms with van der Waals surface area (Å²) in [5, 5.41) is 96.9. The van der Waals surface area contributed by atoms with Gasteiger partial charge in [-0.05, 0) is 6.92 Å². The van der Waals surface area contributed by atoms with Crippen LogP contribution in [0, 0.1) is 0 Å². The second kappa shape index (κ2) is 18.1. The van der Waals surface area contributed by atoms with Gasteiger partial charge >= 0.3 is 47.8 Å². The number of carbonyl (C=O) groups is 8. The third kappa shape index (κ3) is 22.6. The van der Waals surface area contributed by atoms with Crippen LogP contribution in [0.3, 0.4) is 0 Å². The van der Waals surface area contributed by atoms with Gasteiger partial charge in [0, 0.05) is 0 Å². The summed E-state index contributed by atoms with van der Waals surface area (Å²) in [6.07, 6.45) is -8.05. The van der Waals surface area contributed by atoms with E-state index in [-0.39, 0.29) is 0 Å². The number of rotatable bonds is 9. The van der Waals surface area contributed by atoms with Crippen LogP contribution in [0.25, 0.3) is 0 Å². The molecule has 0 aliphatic heterocycles. The predicted molar refractivity (Wildman–Crippen MR) is 99.0 cm³/mol. The molecule has 0 radical (unpaired) electrons. The zero-order valence-electron chi connectivity index (χ0n) is 17.3. The van der Waals surface area contributed by atoms with Gasteiger partial charge < -0.3 is 61.3 Å². The highest BCUT2D eigenvalue weighted by molar-refractivity contribution is 6.27. The lowest BCUT2D eigenvalue weighted by atomic mass is 9.96. The second-order valence-corrected chi connectivity index (χ2v) is 5.67. The largest absolute Gasteiger partial charge is 0.481 e. The van der Waals surface area contributed by atoms with E-state index < -0.39 is 84.5 Å². The first-order valence-electron chi connectivity index (χ1n) is 8.11. The number of hydrogen-bond donors (Lipinski definition) is 12. The van der Waals surface area contributed by atoms with Crippen molar-refractivity contribution in [1.29, 1.82) is 0 Å². The first-order chi connectivity index (χ1) is 15.5. The first kappa shape index (κ1) is 37.9. The average molecular weight is 522 g/mol. The van der Waals surface area contributed by atoms with Crippen molar-refractivity contribution in [3.05, 3.63) is 0 Å². The minimum Gasteiger partial charge on any atom is -0.481 e. The molecular formula is C15H22O20. The Hall–Kier alpha value is -4.40. The molecule has 20 nitrogen and oxygen atoms in total. The molecule has 0 saturated heterocycles. The molecule has 3 atom stereocenters. The van der Waals surface area contributed by atoms with E-state index in [9.17, 15) is 28.8 Å². The normalized spacial score (nSPS) is 12.1. The van der Waals surface area contributed by atoms with Gasteiger partial charge in [0.05, 0.1) is 12.8 Å². The average Bonchev–Trinajstić information content (AvgIpc) is 2.66. The van der Waals surface area contributed by atoms with E-state index in [0.717, 1.165) is 0 Å². The van der Waals surface area contributed by atoms with E-state index in [0.29, 0.717) is 0 Å². The van der Waals surface area contributed by atoms with Crippen LogP contribution in [-0.4, -0.2) is 133 Å². The smallest absolute Gasteiger partial charge is 0.414 e. The van der Waals surface area contributed by atoms with Crippen molar-refractivity contribution in [2.24, 2.45) is 0 Å². The molecule has 0 bridgehead atoms. The molecule has 0 amide bonds. The summed E-state index contributed by atoms with van der Waals surface area (Å²) in [5.41, 5.74) is -2.74. The summed E-state index contributed by atoms with van der Waals surface area (Å²) in [6.45, 7) is 1.20. The van der Waals surface area contributed by atoms with Crippen LogP contribution in [0.15, 0.2) is 0 Å². The Morgan fingerprint density at radius 1 is 0.571 bits per heavy atom. The van der Waals surface area contributed by atoms with Crippen molar-refractivity contribution >= 4 is 47.8 Å². The Kier molecular flexibility index (Phi) is 19.6. The Morgan fingerprint density at radius 3 is 0.886 bits per heavy atom. The maximum absolute atomic E-state index is 10.3. The van der Waals surface area contributed by atoms with Crippen LogP contribution in [0.2, 0.25) is 0 Å². The van der Waals surface area contributed by atoms with Gasteiger partial charge in [-0.2, -0.15) is 0 Å². The molecular weight excluding hydrogens is 500 g/mol. The fourth-order valence-electron chi connectivity index (χ4n) is 0.984. The zero-order chi connectivity index (χ0) is 29.3. The Bertz CT molecular complexity index is 735. The summed E-state index contributed by atoms with van der Waals surface area (Å²) in [7, 11) is 0. The maximum atomic E-state index is 10.3. The zero-order valence-corrected chi connectivity index (χ0v) is 17.3. The van der Waals surface area contributed by atoms with Gasteiger partial charge in [0.1, 0.15) is 6.10 Å². The fourth-order valence-corrected chi connectivity index (χ4v) is 0.984. The summed E-state index contributed by atoms with van der Waals surface area (Å²) in [5.74, 6) is -13.4. The Morgan fingerprint density at radius 2 is 0.800 bits per heavy atom. The molecule has 0 aliphatic carbocycles. The van der Waals surface area contributed by atoms with Gasteiger partial charge in [-0.15, -0.1) is 0 Å². The van der Waals surface area contributed by atoms with Crippen LogP contribution < -0.4 is 0 Å². The van der Waals surface area contributed by atoms with Gasteiger partial charge in [0.2, 0.25) is 0 Å². The molecule has 0 rings (SSSR count). The molecule has 35 heavy (non-hydrogen) atoms. The summed E-state index contributed by atoms with van der Waals surface area (Å²) < 4.78 is 0. The van der Waals surface area contributed by atoms with Gasteiger partial charge in [-0.25, -0.2) is 28.8 Å². The number of carboxylic acid groups (broad SMARTS) is 8. The monoisotopic (exact) mass is 522 g/mol. The van der Waals surface area contributed by atoms with Gasteiger partial charge in [0.25, 0.3) is 0 Å². The van der Waals surface area contributed by atoms with E-state index in [1.165, 1.54) is 6.92 Å². The predicted octanol–water partition coefficient (Wildman–Crippen LogP) is -4.76. The van der Waals surface area contributed by atoms with Crippen molar-refractivity contribution in [1.82, 2.24) is 0 Å². The third-order valence-corrected chi connectivity index (χ3v) is 2.63. The van der Waals surface area contributed by atoms with Gasteiger partial charge in [-0.1, -0.05) is 0 Å². The summed E-state index contributed by atoms with van der Waals surface area (Å²) in [4.78, 5) is 77.7. The van der Waals surface area contributed by atoms with E-state index in [4.69, 9.17) is 70.9 Å². The molecule has 20 heteroatoms. The molecule has 0 saturated carbocycles. The number of carboxylic acids is 8. The van der Waals surface area contributed by atoms with Crippen molar-refractivity contribution in [2.75, 3.05) is 0 Å². The summed E-state index contributed by atoms with van der Waals surface area (Å²) in [6, 6.07) is 0. The lowest BCUT2D eigenvalue weighted by molar-refractivity contribution is -0.170. The lowest BCUT2D eigenvalue weighted by Gasteiger charge is -2.18.